The van der Waals surface area contributed by atoms with Crippen molar-refractivity contribution in [3.05, 3.63) is 17.5 Å². The van der Waals surface area contributed by atoms with Crippen LogP contribution in [0.4, 0.5) is 0 Å². The zero-order valence-corrected chi connectivity index (χ0v) is 8.45. The van der Waals surface area contributed by atoms with Crippen LogP contribution >= 0.6 is 0 Å². The van der Waals surface area contributed by atoms with Crippen molar-refractivity contribution >= 4 is 0 Å². The summed E-state index contributed by atoms with van der Waals surface area (Å²) in [6, 6.07) is 2.48. The average Bonchev–Trinajstić information content (AvgIpc) is 2.58. The van der Waals surface area contributed by atoms with Crippen molar-refractivity contribution < 1.29 is 4.52 Å². The molecule has 1 aromatic heterocycles. The van der Waals surface area contributed by atoms with Crippen molar-refractivity contribution in [2.75, 3.05) is 13.6 Å². The first kappa shape index (κ1) is 8.75. The molecule has 0 saturated carbocycles. The first-order valence-corrected chi connectivity index (χ1v) is 4.80. The summed E-state index contributed by atoms with van der Waals surface area (Å²) in [5.41, 5.74) is 0.975. The van der Waals surface area contributed by atoms with Crippen LogP contribution in [0.25, 0.3) is 0 Å². The molecule has 1 fully saturated rings. The molecule has 0 radical (unpaired) electrons. The second-order valence-electron chi connectivity index (χ2n) is 4.17. The quantitative estimate of drug-likeness (QED) is 0.662. The van der Waals surface area contributed by atoms with Crippen LogP contribution in [0.5, 0.6) is 0 Å². The van der Waals surface area contributed by atoms with Crippen molar-refractivity contribution in [3.8, 4) is 0 Å². The Morgan fingerprint density at radius 3 is 2.85 bits per heavy atom. The molecule has 1 aromatic rings. The van der Waals surface area contributed by atoms with Crippen LogP contribution in [0.15, 0.2) is 10.6 Å². The molecule has 0 amide bonds. The number of likely N-dealkylation sites (tertiary alicyclic amines) is 1. The minimum atomic E-state index is 0.441. The van der Waals surface area contributed by atoms with Gasteiger partial charge < -0.3 is 4.52 Å². The highest BCUT2D eigenvalue weighted by Gasteiger charge is 2.30. The number of aromatic nitrogens is 1. The van der Waals surface area contributed by atoms with Gasteiger partial charge in [-0.05, 0) is 26.3 Å². The van der Waals surface area contributed by atoms with Gasteiger partial charge in [-0.1, -0.05) is 12.1 Å². The Morgan fingerprint density at radius 2 is 2.38 bits per heavy atom. The van der Waals surface area contributed by atoms with E-state index in [4.69, 9.17) is 4.52 Å². The molecule has 1 aliphatic rings. The lowest BCUT2D eigenvalue weighted by Gasteiger charge is -2.15. The number of hydrogen-bond donors (Lipinski definition) is 0. The van der Waals surface area contributed by atoms with E-state index in [9.17, 15) is 0 Å². The number of aryl methyl sites for hydroxylation is 1. The van der Waals surface area contributed by atoms with Gasteiger partial charge >= 0.3 is 0 Å². The molecule has 0 bridgehead atoms. The van der Waals surface area contributed by atoms with Gasteiger partial charge in [0.05, 0.1) is 11.7 Å². The van der Waals surface area contributed by atoms with Crippen LogP contribution in [0, 0.1) is 12.8 Å². The van der Waals surface area contributed by atoms with Gasteiger partial charge in [0, 0.05) is 12.6 Å². The smallest absolute Gasteiger partial charge is 0.154 e. The summed E-state index contributed by atoms with van der Waals surface area (Å²) in [4.78, 5) is 2.34. The molecule has 3 nitrogen and oxygen atoms in total. The Kier molecular flexibility index (Phi) is 2.12. The van der Waals surface area contributed by atoms with Gasteiger partial charge in [-0.15, -0.1) is 0 Å². The summed E-state index contributed by atoms with van der Waals surface area (Å²) in [5, 5.41) is 3.92. The fourth-order valence-electron chi connectivity index (χ4n) is 2.13. The van der Waals surface area contributed by atoms with Crippen LogP contribution in [0.2, 0.25) is 0 Å². The Bertz CT molecular complexity index is 295. The van der Waals surface area contributed by atoms with E-state index in [1.54, 1.807) is 0 Å². The second-order valence-corrected chi connectivity index (χ2v) is 4.17. The number of rotatable bonds is 1. The van der Waals surface area contributed by atoms with Crippen molar-refractivity contribution in [1.29, 1.82) is 0 Å². The maximum atomic E-state index is 5.28. The van der Waals surface area contributed by atoms with Gasteiger partial charge in [0.1, 0.15) is 0 Å². The maximum Gasteiger partial charge on any atom is 0.154 e. The third-order valence-corrected chi connectivity index (χ3v) is 2.73. The highest BCUT2D eigenvalue weighted by atomic mass is 16.5. The molecule has 0 spiro atoms. The van der Waals surface area contributed by atoms with Crippen LogP contribution in [0.1, 0.15) is 30.8 Å². The molecule has 2 atom stereocenters. The van der Waals surface area contributed by atoms with E-state index in [1.165, 1.54) is 6.42 Å². The lowest BCUT2D eigenvalue weighted by atomic mass is 10.1. The fourth-order valence-corrected chi connectivity index (χ4v) is 2.13. The van der Waals surface area contributed by atoms with Crippen LogP contribution < -0.4 is 0 Å². The largest absolute Gasteiger partial charge is 0.359 e. The monoisotopic (exact) mass is 180 g/mol. The van der Waals surface area contributed by atoms with Gasteiger partial charge in [0.25, 0.3) is 0 Å². The third-order valence-electron chi connectivity index (χ3n) is 2.73. The van der Waals surface area contributed by atoms with Gasteiger partial charge in [-0.25, -0.2) is 0 Å². The molecule has 1 unspecified atom stereocenters. The summed E-state index contributed by atoms with van der Waals surface area (Å²) >= 11 is 0. The van der Waals surface area contributed by atoms with Gasteiger partial charge in [0.2, 0.25) is 0 Å². The highest BCUT2D eigenvalue weighted by Crippen LogP contribution is 2.33. The van der Waals surface area contributed by atoms with Crippen LogP contribution in [-0.2, 0) is 0 Å². The Labute approximate surface area is 78.7 Å². The van der Waals surface area contributed by atoms with Crippen LogP contribution in [0.3, 0.4) is 0 Å². The van der Waals surface area contributed by atoms with E-state index in [0.717, 1.165) is 23.9 Å². The molecule has 0 N–H and O–H groups in total. The zero-order valence-electron chi connectivity index (χ0n) is 8.45. The Morgan fingerprint density at radius 1 is 1.62 bits per heavy atom. The molecule has 1 saturated heterocycles. The Balaban J connectivity index is 2.17. The molecule has 0 aliphatic carbocycles. The van der Waals surface area contributed by atoms with E-state index in [0.29, 0.717) is 6.04 Å². The summed E-state index contributed by atoms with van der Waals surface area (Å²) in [5.74, 6) is 1.78. The van der Waals surface area contributed by atoms with E-state index in [2.05, 4.69) is 24.0 Å². The first-order valence-electron chi connectivity index (χ1n) is 4.80. The molecular weight excluding hydrogens is 164 g/mol. The summed E-state index contributed by atoms with van der Waals surface area (Å²) < 4.78 is 5.28. The van der Waals surface area contributed by atoms with E-state index >= 15 is 0 Å². The summed E-state index contributed by atoms with van der Waals surface area (Å²) in [6.07, 6.45) is 1.19. The molecule has 13 heavy (non-hydrogen) atoms. The lowest BCUT2D eigenvalue weighted by molar-refractivity contribution is 0.251. The molecule has 3 heteroatoms. The third kappa shape index (κ3) is 1.61. The van der Waals surface area contributed by atoms with Gasteiger partial charge in [-0.2, -0.15) is 0 Å². The van der Waals surface area contributed by atoms with Crippen molar-refractivity contribution in [2.45, 2.75) is 26.3 Å². The lowest BCUT2D eigenvalue weighted by Crippen LogP contribution is -2.17. The topological polar surface area (TPSA) is 29.3 Å². The predicted octanol–water partition coefficient (Wildman–Crippen LogP) is 2.00. The van der Waals surface area contributed by atoms with Crippen molar-refractivity contribution in [2.24, 2.45) is 5.92 Å². The second kappa shape index (κ2) is 3.14. The molecule has 72 valence electrons. The average molecular weight is 180 g/mol. The standard InChI is InChI=1S/C10H16N2O/c1-7-4-9(12(3)6-7)10-5-8(2)11-13-10/h5,7,9H,4,6H2,1-3H3/t7-,9?/m0/s1. The van der Waals surface area contributed by atoms with Gasteiger partial charge in [0.15, 0.2) is 5.76 Å². The van der Waals surface area contributed by atoms with E-state index in [-0.39, 0.29) is 0 Å². The molecule has 1 aliphatic heterocycles. The first-order chi connectivity index (χ1) is 6.16. The molecular formula is C10H16N2O. The molecule has 2 rings (SSSR count). The molecule has 0 aromatic carbocycles. The minimum Gasteiger partial charge on any atom is -0.359 e. The van der Waals surface area contributed by atoms with E-state index in [1.807, 2.05) is 13.0 Å². The number of hydrogen-bond acceptors (Lipinski definition) is 3. The molecule has 2 heterocycles. The summed E-state index contributed by atoms with van der Waals surface area (Å²) in [6.45, 7) is 5.40. The highest BCUT2D eigenvalue weighted by molar-refractivity contribution is 5.09. The zero-order chi connectivity index (χ0) is 9.42. The van der Waals surface area contributed by atoms with Gasteiger partial charge in [-0.3, -0.25) is 4.90 Å². The SMILES string of the molecule is Cc1cc(C2C[C@H](C)CN2C)on1. The Hall–Kier alpha value is -0.830. The van der Waals surface area contributed by atoms with E-state index < -0.39 is 0 Å². The van der Waals surface area contributed by atoms with Crippen molar-refractivity contribution in [1.82, 2.24) is 10.1 Å². The predicted molar refractivity (Wildman–Crippen MR) is 50.4 cm³/mol. The van der Waals surface area contributed by atoms with Crippen LogP contribution in [-0.4, -0.2) is 23.6 Å². The fraction of sp³-hybridized carbons (Fsp3) is 0.700. The summed E-state index contributed by atoms with van der Waals surface area (Å²) in [7, 11) is 2.14. The van der Waals surface area contributed by atoms with Crippen molar-refractivity contribution in [3.63, 3.8) is 0 Å². The maximum absolute atomic E-state index is 5.28. The normalized spacial score (nSPS) is 29.8. The minimum absolute atomic E-state index is 0.441. The number of nitrogens with zero attached hydrogens (tertiary/aromatic N) is 2.